The molecule has 0 amide bonds. The molecular formula is C19H23NO3. The zero-order valence-electron chi connectivity index (χ0n) is 13.6. The lowest BCUT2D eigenvalue weighted by atomic mass is 9.73. The van der Waals surface area contributed by atoms with Crippen molar-refractivity contribution in [2.24, 2.45) is 0 Å². The number of methoxy groups -OCH3 is 1. The van der Waals surface area contributed by atoms with Crippen LogP contribution in [0.3, 0.4) is 0 Å². The Kier molecular flexibility index (Phi) is 3.01. The van der Waals surface area contributed by atoms with Gasteiger partial charge in [0.25, 0.3) is 0 Å². The van der Waals surface area contributed by atoms with Gasteiger partial charge in [-0.05, 0) is 61.1 Å². The Balaban J connectivity index is 1.72. The van der Waals surface area contributed by atoms with E-state index >= 15 is 0 Å². The van der Waals surface area contributed by atoms with Crippen LogP contribution in [0.1, 0.15) is 36.8 Å². The number of rotatable bonds is 1. The maximum Gasteiger partial charge on any atom is 0.231 e. The SMILES string of the molecule is CO[C@@H]1CC=C2CCN3CCCc4cc5c(cc4[C@]23C1)OCO5. The van der Waals surface area contributed by atoms with E-state index in [1.807, 2.05) is 7.11 Å². The van der Waals surface area contributed by atoms with Gasteiger partial charge in [-0.3, -0.25) is 4.90 Å². The average molecular weight is 313 g/mol. The molecule has 4 nitrogen and oxygen atoms in total. The fraction of sp³-hybridized carbons (Fsp3) is 0.579. The Hall–Kier alpha value is -1.52. The quantitative estimate of drug-likeness (QED) is 0.746. The van der Waals surface area contributed by atoms with E-state index < -0.39 is 0 Å². The van der Waals surface area contributed by atoms with Crippen LogP contribution < -0.4 is 9.47 Å². The summed E-state index contributed by atoms with van der Waals surface area (Å²) in [6, 6.07) is 4.48. The highest BCUT2D eigenvalue weighted by Gasteiger charge is 2.51. The maximum atomic E-state index is 5.76. The Morgan fingerprint density at radius 3 is 2.91 bits per heavy atom. The Labute approximate surface area is 137 Å². The highest BCUT2D eigenvalue weighted by Crippen LogP contribution is 2.54. The molecule has 1 saturated heterocycles. The predicted octanol–water partition coefficient (Wildman–Crippen LogP) is 3.00. The minimum Gasteiger partial charge on any atom is -0.454 e. The number of benzene rings is 1. The van der Waals surface area contributed by atoms with Gasteiger partial charge in [0.2, 0.25) is 6.79 Å². The van der Waals surface area contributed by atoms with Gasteiger partial charge in [-0.15, -0.1) is 0 Å². The third kappa shape index (κ3) is 1.85. The summed E-state index contributed by atoms with van der Waals surface area (Å²) >= 11 is 0. The summed E-state index contributed by atoms with van der Waals surface area (Å²) in [4.78, 5) is 2.69. The van der Waals surface area contributed by atoms with E-state index in [0.717, 1.165) is 43.9 Å². The van der Waals surface area contributed by atoms with Crippen molar-refractivity contribution in [3.63, 3.8) is 0 Å². The van der Waals surface area contributed by atoms with E-state index in [1.54, 1.807) is 5.57 Å². The number of fused-ring (bicyclic) bond motifs is 2. The highest BCUT2D eigenvalue weighted by molar-refractivity contribution is 5.55. The van der Waals surface area contributed by atoms with Crippen LogP contribution in [0, 0.1) is 0 Å². The predicted molar refractivity (Wildman–Crippen MR) is 86.9 cm³/mol. The minimum absolute atomic E-state index is 0.0196. The van der Waals surface area contributed by atoms with Gasteiger partial charge >= 0.3 is 0 Å². The van der Waals surface area contributed by atoms with E-state index in [1.165, 1.54) is 24.0 Å². The second-order valence-electron chi connectivity index (χ2n) is 7.09. The fourth-order valence-electron chi connectivity index (χ4n) is 5.05. The number of hydrogen-bond donors (Lipinski definition) is 0. The van der Waals surface area contributed by atoms with Crippen molar-refractivity contribution in [2.45, 2.75) is 43.7 Å². The zero-order valence-corrected chi connectivity index (χ0v) is 13.6. The Bertz CT molecular complexity index is 683. The summed E-state index contributed by atoms with van der Waals surface area (Å²) in [7, 11) is 1.84. The van der Waals surface area contributed by atoms with Gasteiger partial charge < -0.3 is 14.2 Å². The molecule has 0 bridgehead atoms. The van der Waals surface area contributed by atoms with Crippen LogP contribution in [-0.4, -0.2) is 38.0 Å². The molecule has 1 fully saturated rings. The van der Waals surface area contributed by atoms with Crippen LogP contribution in [0.15, 0.2) is 23.8 Å². The molecular weight excluding hydrogens is 290 g/mol. The van der Waals surface area contributed by atoms with Gasteiger partial charge in [-0.1, -0.05) is 6.08 Å². The van der Waals surface area contributed by atoms with Crippen LogP contribution in [0.4, 0.5) is 0 Å². The third-order valence-electron chi connectivity index (χ3n) is 6.12. The molecule has 0 radical (unpaired) electrons. The summed E-state index contributed by atoms with van der Waals surface area (Å²) in [5.74, 6) is 1.82. The van der Waals surface area contributed by atoms with E-state index in [4.69, 9.17) is 14.2 Å². The van der Waals surface area contributed by atoms with Crippen LogP contribution in [-0.2, 0) is 16.7 Å². The van der Waals surface area contributed by atoms with E-state index in [-0.39, 0.29) is 5.54 Å². The Morgan fingerprint density at radius 1 is 1.17 bits per heavy atom. The number of hydrogen-bond acceptors (Lipinski definition) is 4. The molecule has 0 saturated carbocycles. The minimum atomic E-state index is 0.0196. The standard InChI is InChI=1S/C19H23NO3/c1-21-15-5-4-14-6-8-20-7-2-3-13-9-17-18(23-12-22-17)10-16(13)19(14,20)11-15/h4,9-10,15H,2-3,5-8,11-12H2,1H3/t15-,19+/m1/s1. The van der Waals surface area contributed by atoms with Crippen LogP contribution in [0.2, 0.25) is 0 Å². The van der Waals surface area contributed by atoms with Gasteiger partial charge in [0.05, 0.1) is 11.6 Å². The third-order valence-corrected chi connectivity index (χ3v) is 6.12. The van der Waals surface area contributed by atoms with Crippen LogP contribution in [0.25, 0.3) is 0 Å². The van der Waals surface area contributed by atoms with Crippen LogP contribution >= 0.6 is 0 Å². The molecule has 3 aliphatic heterocycles. The first-order valence-electron chi connectivity index (χ1n) is 8.71. The monoisotopic (exact) mass is 313 g/mol. The first-order chi connectivity index (χ1) is 11.3. The molecule has 4 heteroatoms. The molecule has 0 N–H and O–H groups in total. The molecule has 1 spiro atoms. The van der Waals surface area contributed by atoms with Crippen molar-refractivity contribution >= 4 is 0 Å². The molecule has 122 valence electrons. The smallest absolute Gasteiger partial charge is 0.231 e. The highest BCUT2D eigenvalue weighted by atomic mass is 16.7. The maximum absolute atomic E-state index is 5.76. The van der Waals surface area contributed by atoms with Crippen molar-refractivity contribution in [3.8, 4) is 11.5 Å². The summed E-state index contributed by atoms with van der Waals surface area (Å²) in [6.07, 6.45) is 8.36. The molecule has 1 aliphatic carbocycles. The molecule has 4 aliphatic rings. The van der Waals surface area contributed by atoms with Gasteiger partial charge in [0.1, 0.15) is 0 Å². The largest absolute Gasteiger partial charge is 0.454 e. The van der Waals surface area contributed by atoms with Gasteiger partial charge in [0.15, 0.2) is 11.5 Å². The van der Waals surface area contributed by atoms with Crippen molar-refractivity contribution in [1.29, 1.82) is 0 Å². The molecule has 2 atom stereocenters. The van der Waals surface area contributed by atoms with E-state index in [2.05, 4.69) is 23.1 Å². The van der Waals surface area contributed by atoms with Crippen molar-refractivity contribution < 1.29 is 14.2 Å². The summed E-state index contributed by atoms with van der Waals surface area (Å²) < 4.78 is 17.1. The summed E-state index contributed by atoms with van der Waals surface area (Å²) in [5, 5.41) is 0. The van der Waals surface area contributed by atoms with Gasteiger partial charge in [-0.2, -0.15) is 0 Å². The van der Waals surface area contributed by atoms with Gasteiger partial charge in [0, 0.05) is 20.1 Å². The first-order valence-corrected chi connectivity index (χ1v) is 8.71. The van der Waals surface area contributed by atoms with Crippen molar-refractivity contribution in [1.82, 2.24) is 4.90 Å². The lowest BCUT2D eigenvalue weighted by molar-refractivity contribution is 0.0346. The number of ether oxygens (including phenoxy) is 3. The molecule has 1 aromatic rings. The first kappa shape index (κ1) is 13.9. The van der Waals surface area contributed by atoms with E-state index in [0.29, 0.717) is 12.9 Å². The normalized spacial score (nSPS) is 31.9. The van der Waals surface area contributed by atoms with Crippen LogP contribution in [0.5, 0.6) is 11.5 Å². The fourth-order valence-corrected chi connectivity index (χ4v) is 5.05. The zero-order chi connectivity index (χ0) is 15.4. The number of aryl methyl sites for hydroxylation is 1. The van der Waals surface area contributed by atoms with Crippen molar-refractivity contribution in [2.75, 3.05) is 27.0 Å². The topological polar surface area (TPSA) is 30.9 Å². The molecule has 0 unspecified atom stereocenters. The molecule has 5 rings (SSSR count). The lowest BCUT2D eigenvalue weighted by Crippen LogP contribution is -2.46. The lowest BCUT2D eigenvalue weighted by Gasteiger charge is -2.44. The molecule has 0 aromatic heterocycles. The Morgan fingerprint density at radius 2 is 2.04 bits per heavy atom. The average Bonchev–Trinajstić information content (AvgIpc) is 3.15. The van der Waals surface area contributed by atoms with E-state index in [9.17, 15) is 0 Å². The number of nitrogens with zero attached hydrogens (tertiary/aromatic N) is 1. The molecule has 1 aromatic carbocycles. The molecule has 3 heterocycles. The summed E-state index contributed by atoms with van der Waals surface area (Å²) in [6.45, 7) is 2.67. The molecule has 23 heavy (non-hydrogen) atoms. The summed E-state index contributed by atoms with van der Waals surface area (Å²) in [5.41, 5.74) is 4.48. The second-order valence-corrected chi connectivity index (χ2v) is 7.09. The van der Waals surface area contributed by atoms with Gasteiger partial charge in [-0.25, -0.2) is 0 Å². The van der Waals surface area contributed by atoms with Crippen molar-refractivity contribution in [3.05, 3.63) is 34.9 Å². The second kappa shape index (κ2) is 4.99.